The summed E-state index contributed by atoms with van der Waals surface area (Å²) in [6.07, 6.45) is 1.88. The van der Waals surface area contributed by atoms with Crippen LogP contribution in [0.25, 0.3) is 10.9 Å². The Labute approximate surface area is 134 Å². The van der Waals surface area contributed by atoms with Gasteiger partial charge in [0.25, 0.3) is 5.91 Å². The van der Waals surface area contributed by atoms with Gasteiger partial charge in [0, 0.05) is 23.7 Å². The summed E-state index contributed by atoms with van der Waals surface area (Å²) in [4.78, 5) is 30.4. The van der Waals surface area contributed by atoms with Gasteiger partial charge >= 0.3 is 5.97 Å². The molecule has 23 heavy (non-hydrogen) atoms. The lowest BCUT2D eigenvalue weighted by Crippen LogP contribution is -2.38. The van der Waals surface area contributed by atoms with Crippen LogP contribution in [0.15, 0.2) is 30.3 Å². The van der Waals surface area contributed by atoms with E-state index in [0.717, 1.165) is 23.9 Å². The molecule has 1 aromatic heterocycles. The second-order valence-electron chi connectivity index (χ2n) is 6.26. The molecule has 1 fully saturated rings. The molecule has 1 amide bonds. The van der Waals surface area contributed by atoms with E-state index in [0.29, 0.717) is 11.1 Å². The third-order valence-corrected chi connectivity index (χ3v) is 4.23. The number of aryl methyl sites for hydroxylation is 1. The molecule has 0 spiro atoms. The fourth-order valence-electron chi connectivity index (χ4n) is 2.73. The van der Waals surface area contributed by atoms with Crippen molar-refractivity contribution in [1.29, 1.82) is 0 Å². The van der Waals surface area contributed by atoms with Gasteiger partial charge in [0.1, 0.15) is 0 Å². The minimum absolute atomic E-state index is 0.121. The van der Waals surface area contributed by atoms with E-state index in [1.807, 2.05) is 31.2 Å². The normalized spacial score (nSPS) is 15.4. The van der Waals surface area contributed by atoms with Crippen LogP contribution < -0.4 is 0 Å². The van der Waals surface area contributed by atoms with Crippen molar-refractivity contribution in [2.75, 3.05) is 6.54 Å². The molecular formula is C18H20N2O3. The van der Waals surface area contributed by atoms with Gasteiger partial charge in [-0.25, -0.2) is 0 Å². The van der Waals surface area contributed by atoms with E-state index in [1.54, 1.807) is 17.9 Å². The van der Waals surface area contributed by atoms with Gasteiger partial charge < -0.3 is 10.0 Å². The number of carboxylic acids is 1. The van der Waals surface area contributed by atoms with Gasteiger partial charge in [-0.2, -0.15) is 0 Å². The molecular weight excluding hydrogens is 292 g/mol. The second kappa shape index (κ2) is 5.99. The molecule has 0 radical (unpaired) electrons. The highest BCUT2D eigenvalue weighted by Crippen LogP contribution is 2.30. The first-order valence-electron chi connectivity index (χ1n) is 7.87. The maximum atomic E-state index is 13.0. The number of para-hydroxylation sites is 1. The van der Waals surface area contributed by atoms with Crippen LogP contribution in [0.5, 0.6) is 0 Å². The first-order chi connectivity index (χ1) is 11.0. The van der Waals surface area contributed by atoms with Crippen molar-refractivity contribution in [3.63, 3.8) is 0 Å². The highest BCUT2D eigenvalue weighted by molar-refractivity contribution is 6.05. The van der Waals surface area contributed by atoms with Crippen molar-refractivity contribution in [2.45, 2.75) is 32.7 Å². The fourth-order valence-corrected chi connectivity index (χ4v) is 2.73. The number of hydrogen-bond donors (Lipinski definition) is 1. The third-order valence-electron chi connectivity index (χ3n) is 4.23. The van der Waals surface area contributed by atoms with Crippen LogP contribution >= 0.6 is 0 Å². The Morgan fingerprint density at radius 2 is 2.04 bits per heavy atom. The Bertz CT molecular complexity index is 768. The standard InChI is InChI=1S/C18H20N2O3/c1-11(18(22)23)10-20(14-8-9-14)17(21)15-5-3-4-13-7-6-12(2)19-16(13)15/h3-7,11,14H,8-10H2,1-2H3,(H,22,23). The van der Waals surface area contributed by atoms with Crippen molar-refractivity contribution in [3.05, 3.63) is 41.6 Å². The van der Waals surface area contributed by atoms with Gasteiger partial charge in [0.05, 0.1) is 17.0 Å². The van der Waals surface area contributed by atoms with Crippen molar-refractivity contribution < 1.29 is 14.7 Å². The van der Waals surface area contributed by atoms with Gasteiger partial charge in [0.15, 0.2) is 0 Å². The molecule has 1 aromatic carbocycles. The van der Waals surface area contributed by atoms with Crippen LogP contribution in [0.1, 0.15) is 35.8 Å². The monoisotopic (exact) mass is 312 g/mol. The Balaban J connectivity index is 1.97. The molecule has 1 unspecified atom stereocenters. The lowest BCUT2D eigenvalue weighted by Gasteiger charge is -2.25. The predicted molar refractivity (Wildman–Crippen MR) is 87.3 cm³/mol. The molecule has 0 aliphatic heterocycles. The van der Waals surface area contributed by atoms with Gasteiger partial charge in [-0.1, -0.05) is 25.1 Å². The number of rotatable bonds is 5. The van der Waals surface area contributed by atoms with Crippen LogP contribution in [0, 0.1) is 12.8 Å². The highest BCUT2D eigenvalue weighted by atomic mass is 16.4. The molecule has 120 valence electrons. The number of nitrogens with zero attached hydrogens (tertiary/aromatic N) is 2. The zero-order chi connectivity index (χ0) is 16.6. The number of carbonyl (C=O) groups is 2. The van der Waals surface area contributed by atoms with Gasteiger partial charge in [-0.05, 0) is 31.9 Å². The Morgan fingerprint density at radius 1 is 1.30 bits per heavy atom. The van der Waals surface area contributed by atoms with E-state index in [1.165, 1.54) is 0 Å². The maximum Gasteiger partial charge on any atom is 0.308 e. The van der Waals surface area contributed by atoms with E-state index in [9.17, 15) is 9.59 Å². The molecule has 1 heterocycles. The largest absolute Gasteiger partial charge is 0.481 e. The number of carbonyl (C=O) groups excluding carboxylic acids is 1. The number of amides is 1. The average molecular weight is 312 g/mol. The summed E-state index contributed by atoms with van der Waals surface area (Å²) in [7, 11) is 0. The number of aromatic nitrogens is 1. The minimum atomic E-state index is -0.879. The average Bonchev–Trinajstić information content (AvgIpc) is 3.35. The van der Waals surface area contributed by atoms with E-state index < -0.39 is 11.9 Å². The second-order valence-corrected chi connectivity index (χ2v) is 6.26. The molecule has 1 N–H and O–H groups in total. The van der Waals surface area contributed by atoms with Crippen molar-refractivity contribution >= 4 is 22.8 Å². The maximum absolute atomic E-state index is 13.0. The zero-order valence-corrected chi connectivity index (χ0v) is 13.3. The first-order valence-corrected chi connectivity index (χ1v) is 7.87. The van der Waals surface area contributed by atoms with E-state index >= 15 is 0 Å². The summed E-state index contributed by atoms with van der Waals surface area (Å²) in [6.45, 7) is 3.77. The van der Waals surface area contributed by atoms with Gasteiger partial charge in [-0.3, -0.25) is 14.6 Å². The van der Waals surface area contributed by atoms with E-state index in [2.05, 4.69) is 4.98 Å². The summed E-state index contributed by atoms with van der Waals surface area (Å²) in [5.74, 6) is -1.58. The molecule has 3 rings (SSSR count). The third kappa shape index (κ3) is 3.18. The molecule has 5 heteroatoms. The quantitative estimate of drug-likeness (QED) is 0.921. The highest BCUT2D eigenvalue weighted by Gasteiger charge is 2.35. The van der Waals surface area contributed by atoms with Crippen LogP contribution in [-0.2, 0) is 4.79 Å². The summed E-state index contributed by atoms with van der Waals surface area (Å²) in [6, 6.07) is 9.58. The summed E-state index contributed by atoms with van der Waals surface area (Å²) in [5.41, 5.74) is 2.09. The van der Waals surface area contributed by atoms with Crippen LogP contribution in [-0.4, -0.2) is 39.5 Å². The van der Waals surface area contributed by atoms with Crippen molar-refractivity contribution in [1.82, 2.24) is 9.88 Å². The number of benzene rings is 1. The Kier molecular flexibility index (Phi) is 4.03. The zero-order valence-electron chi connectivity index (χ0n) is 13.3. The van der Waals surface area contributed by atoms with Crippen LogP contribution in [0.3, 0.4) is 0 Å². The summed E-state index contributed by atoms with van der Waals surface area (Å²) in [5, 5.41) is 10.1. The number of hydrogen-bond acceptors (Lipinski definition) is 3. The minimum Gasteiger partial charge on any atom is -0.481 e. The molecule has 1 atom stereocenters. The molecule has 2 aromatic rings. The van der Waals surface area contributed by atoms with Gasteiger partial charge in [-0.15, -0.1) is 0 Å². The molecule has 1 aliphatic rings. The predicted octanol–water partition coefficient (Wildman–Crippen LogP) is 2.87. The van der Waals surface area contributed by atoms with Crippen molar-refractivity contribution in [2.24, 2.45) is 5.92 Å². The lowest BCUT2D eigenvalue weighted by molar-refractivity contribution is -0.141. The van der Waals surface area contributed by atoms with Crippen LogP contribution in [0.2, 0.25) is 0 Å². The van der Waals surface area contributed by atoms with Crippen molar-refractivity contribution in [3.8, 4) is 0 Å². The Morgan fingerprint density at radius 3 is 2.70 bits per heavy atom. The molecule has 5 nitrogen and oxygen atoms in total. The SMILES string of the molecule is Cc1ccc2cccc(C(=O)N(CC(C)C(=O)O)C3CC3)c2n1. The van der Waals surface area contributed by atoms with E-state index in [-0.39, 0.29) is 18.5 Å². The first kappa shape index (κ1) is 15.5. The lowest BCUT2D eigenvalue weighted by atomic mass is 10.1. The molecule has 1 saturated carbocycles. The fraction of sp³-hybridized carbons (Fsp3) is 0.389. The van der Waals surface area contributed by atoms with Crippen LogP contribution in [0.4, 0.5) is 0 Å². The number of fused-ring (bicyclic) bond motifs is 1. The number of aliphatic carboxylic acids is 1. The smallest absolute Gasteiger partial charge is 0.308 e. The number of pyridine rings is 1. The van der Waals surface area contributed by atoms with Gasteiger partial charge in [0.2, 0.25) is 0 Å². The molecule has 0 saturated heterocycles. The van der Waals surface area contributed by atoms with E-state index in [4.69, 9.17) is 5.11 Å². The summed E-state index contributed by atoms with van der Waals surface area (Å²) >= 11 is 0. The number of carboxylic acid groups (broad SMARTS) is 1. The molecule has 1 aliphatic carbocycles. The Hall–Kier alpha value is -2.43. The summed E-state index contributed by atoms with van der Waals surface area (Å²) < 4.78 is 0. The topological polar surface area (TPSA) is 70.5 Å². The molecule has 0 bridgehead atoms.